The smallest absolute Gasteiger partial charge is 0.265 e. The van der Waals surface area contributed by atoms with Gasteiger partial charge in [-0.05, 0) is 29.8 Å². The number of carbonyl (C=O) groups excluding carboxylic acids is 1. The van der Waals surface area contributed by atoms with Crippen LogP contribution in [0.2, 0.25) is 0 Å². The fourth-order valence-electron chi connectivity index (χ4n) is 1.02. The number of hydrogen-bond donors (Lipinski definition) is 2. The minimum Gasteiger partial charge on any atom is -0.490 e. The number of nitrogens with one attached hydrogen (secondary N) is 1. The molecule has 0 bridgehead atoms. The van der Waals surface area contributed by atoms with Crippen molar-refractivity contribution in [2.75, 3.05) is 13.2 Å². The zero-order valence-corrected chi connectivity index (χ0v) is 9.30. The number of nitrogens with zero attached hydrogens (tertiary/aromatic N) is 1. The van der Waals surface area contributed by atoms with Gasteiger partial charge in [0.05, 0.1) is 6.21 Å². The number of carbonyl (C=O) groups is 1. The first kappa shape index (κ1) is 12.9. The molecule has 1 amide bonds. The van der Waals surface area contributed by atoms with Crippen molar-refractivity contribution in [3.05, 3.63) is 42.5 Å². The van der Waals surface area contributed by atoms with Crippen LogP contribution in [0.15, 0.2) is 42.0 Å². The topological polar surface area (TPSA) is 70.9 Å². The Labute approximate surface area is 99.4 Å². The van der Waals surface area contributed by atoms with Gasteiger partial charge in [0, 0.05) is 0 Å². The summed E-state index contributed by atoms with van der Waals surface area (Å²) in [6.07, 6.45) is 3.14. The van der Waals surface area contributed by atoms with Crippen molar-refractivity contribution in [1.29, 1.82) is 0 Å². The van der Waals surface area contributed by atoms with Gasteiger partial charge in [-0.2, -0.15) is 5.10 Å². The summed E-state index contributed by atoms with van der Waals surface area (Å²) in [5.41, 5.74) is 2.98. The molecule has 0 atom stereocenters. The maximum absolute atomic E-state index is 10.7. The molecule has 0 fully saturated rings. The number of amides is 1. The first-order chi connectivity index (χ1) is 8.26. The summed E-state index contributed by atoms with van der Waals surface area (Å²) in [6, 6.07) is 7.18. The normalized spacial score (nSPS) is 10.2. The molecule has 0 aliphatic heterocycles. The summed E-state index contributed by atoms with van der Waals surface area (Å²) in [5.74, 6) is 0.189. The highest BCUT2D eigenvalue weighted by Crippen LogP contribution is 2.10. The van der Waals surface area contributed by atoms with Crippen LogP contribution in [0.4, 0.5) is 0 Å². The fourth-order valence-corrected chi connectivity index (χ4v) is 1.02. The van der Waals surface area contributed by atoms with Gasteiger partial charge in [0.15, 0.2) is 0 Å². The lowest BCUT2D eigenvalue weighted by Crippen LogP contribution is -2.20. The second-order valence-corrected chi connectivity index (χ2v) is 3.12. The Kier molecular flexibility index (Phi) is 5.46. The van der Waals surface area contributed by atoms with E-state index in [-0.39, 0.29) is 0 Å². The van der Waals surface area contributed by atoms with Gasteiger partial charge in [0.25, 0.3) is 5.91 Å². The fraction of sp³-hybridized carbons (Fsp3) is 0.167. The van der Waals surface area contributed by atoms with Crippen molar-refractivity contribution in [2.24, 2.45) is 5.10 Å². The Morgan fingerprint density at radius 1 is 1.47 bits per heavy atom. The van der Waals surface area contributed by atoms with E-state index in [2.05, 4.69) is 17.1 Å². The van der Waals surface area contributed by atoms with Gasteiger partial charge in [0.2, 0.25) is 0 Å². The van der Waals surface area contributed by atoms with E-state index < -0.39 is 12.5 Å². The molecule has 1 aromatic rings. The zero-order chi connectivity index (χ0) is 12.5. The van der Waals surface area contributed by atoms with Crippen molar-refractivity contribution in [3.8, 4) is 5.75 Å². The van der Waals surface area contributed by atoms with Gasteiger partial charge < -0.3 is 9.84 Å². The number of aliphatic hydroxyl groups is 1. The molecule has 0 unspecified atom stereocenters. The lowest BCUT2D eigenvalue weighted by atomic mass is 10.2. The molecule has 5 nitrogen and oxygen atoms in total. The Morgan fingerprint density at radius 3 is 2.76 bits per heavy atom. The van der Waals surface area contributed by atoms with E-state index in [4.69, 9.17) is 9.84 Å². The third-order valence-electron chi connectivity index (χ3n) is 1.79. The molecule has 0 radical (unpaired) electrons. The highest BCUT2D eigenvalue weighted by molar-refractivity contribution is 5.82. The van der Waals surface area contributed by atoms with E-state index in [0.717, 1.165) is 11.3 Å². The van der Waals surface area contributed by atoms with Crippen LogP contribution in [0.5, 0.6) is 5.75 Å². The molecule has 0 saturated carbocycles. The van der Waals surface area contributed by atoms with Crippen LogP contribution < -0.4 is 10.2 Å². The second-order valence-electron chi connectivity index (χ2n) is 3.12. The van der Waals surface area contributed by atoms with E-state index in [9.17, 15) is 4.79 Å². The van der Waals surface area contributed by atoms with Gasteiger partial charge in [-0.15, -0.1) is 0 Å². The molecule has 90 valence electrons. The standard InChI is InChI=1S/C12H14N2O3/c1-2-7-17-11-5-3-10(4-6-11)8-13-14-12(16)9-15/h2-6,8,15H,1,7,9H2,(H,14,16)/b13-8-. The number of rotatable bonds is 6. The van der Waals surface area contributed by atoms with Crippen LogP contribution in [0.25, 0.3) is 0 Å². The summed E-state index contributed by atoms with van der Waals surface area (Å²) in [5, 5.41) is 12.1. The lowest BCUT2D eigenvalue weighted by Gasteiger charge is -2.02. The second kappa shape index (κ2) is 7.19. The first-order valence-electron chi connectivity index (χ1n) is 5.03. The van der Waals surface area contributed by atoms with Crippen LogP contribution in [-0.4, -0.2) is 30.4 Å². The summed E-state index contributed by atoms with van der Waals surface area (Å²) >= 11 is 0. The quantitative estimate of drug-likeness (QED) is 0.432. The number of hydrazone groups is 1. The van der Waals surface area contributed by atoms with E-state index in [1.807, 2.05) is 0 Å². The highest BCUT2D eigenvalue weighted by atomic mass is 16.5. The Bertz CT molecular complexity index is 399. The highest BCUT2D eigenvalue weighted by Gasteiger charge is 1.94. The Hall–Kier alpha value is -2.14. The Balaban J connectivity index is 2.50. The molecule has 0 heterocycles. The van der Waals surface area contributed by atoms with Crippen molar-refractivity contribution in [1.82, 2.24) is 5.43 Å². The maximum Gasteiger partial charge on any atom is 0.265 e. The minimum atomic E-state index is -0.578. The van der Waals surface area contributed by atoms with Crippen molar-refractivity contribution < 1.29 is 14.6 Å². The molecule has 5 heteroatoms. The van der Waals surface area contributed by atoms with Gasteiger partial charge in [-0.1, -0.05) is 12.7 Å². The molecule has 0 saturated heterocycles. The third kappa shape index (κ3) is 4.94. The van der Waals surface area contributed by atoms with Crippen LogP contribution in [0, 0.1) is 0 Å². The predicted molar refractivity (Wildman–Crippen MR) is 65.0 cm³/mol. The number of benzene rings is 1. The minimum absolute atomic E-state index is 0.458. The monoisotopic (exact) mass is 234 g/mol. The van der Waals surface area contributed by atoms with Crippen LogP contribution >= 0.6 is 0 Å². The molecule has 1 aromatic carbocycles. The molecule has 2 N–H and O–H groups in total. The average Bonchev–Trinajstić information content (AvgIpc) is 2.37. The first-order valence-corrected chi connectivity index (χ1v) is 5.03. The SMILES string of the molecule is C=CCOc1ccc(/C=N\NC(=O)CO)cc1. The van der Waals surface area contributed by atoms with Gasteiger partial charge >= 0.3 is 0 Å². The van der Waals surface area contributed by atoms with Gasteiger partial charge in [0.1, 0.15) is 19.0 Å². The van der Waals surface area contributed by atoms with E-state index in [0.29, 0.717) is 6.61 Å². The van der Waals surface area contributed by atoms with Crippen LogP contribution in [0.3, 0.4) is 0 Å². The van der Waals surface area contributed by atoms with Crippen molar-refractivity contribution in [3.63, 3.8) is 0 Å². The number of ether oxygens (including phenoxy) is 1. The maximum atomic E-state index is 10.7. The van der Waals surface area contributed by atoms with Crippen molar-refractivity contribution >= 4 is 12.1 Å². The molecule has 0 aromatic heterocycles. The van der Waals surface area contributed by atoms with E-state index in [1.165, 1.54) is 6.21 Å². The number of hydrogen-bond acceptors (Lipinski definition) is 4. The molecule has 0 aliphatic carbocycles. The molecule has 1 rings (SSSR count). The van der Waals surface area contributed by atoms with Gasteiger partial charge in [-0.25, -0.2) is 5.43 Å². The molecular formula is C12H14N2O3. The zero-order valence-electron chi connectivity index (χ0n) is 9.30. The molecule has 0 spiro atoms. The average molecular weight is 234 g/mol. The number of aliphatic hydroxyl groups excluding tert-OH is 1. The predicted octanol–water partition coefficient (Wildman–Crippen LogP) is 0.694. The largest absolute Gasteiger partial charge is 0.490 e. The summed E-state index contributed by atoms with van der Waals surface area (Å²) < 4.78 is 5.30. The van der Waals surface area contributed by atoms with E-state index >= 15 is 0 Å². The third-order valence-corrected chi connectivity index (χ3v) is 1.79. The van der Waals surface area contributed by atoms with Crippen molar-refractivity contribution in [2.45, 2.75) is 0 Å². The van der Waals surface area contributed by atoms with Crippen LogP contribution in [0.1, 0.15) is 5.56 Å². The summed E-state index contributed by atoms with van der Waals surface area (Å²) in [6.45, 7) is 3.43. The molecule has 0 aliphatic rings. The Morgan fingerprint density at radius 2 is 2.18 bits per heavy atom. The summed E-state index contributed by atoms with van der Waals surface area (Å²) in [7, 11) is 0. The van der Waals surface area contributed by atoms with E-state index in [1.54, 1.807) is 30.3 Å². The van der Waals surface area contributed by atoms with Crippen LogP contribution in [-0.2, 0) is 4.79 Å². The molecular weight excluding hydrogens is 220 g/mol. The molecule has 17 heavy (non-hydrogen) atoms. The summed E-state index contributed by atoms with van der Waals surface area (Å²) in [4.78, 5) is 10.7. The lowest BCUT2D eigenvalue weighted by molar-refractivity contribution is -0.123. The van der Waals surface area contributed by atoms with Gasteiger partial charge in [-0.3, -0.25) is 4.79 Å².